The van der Waals surface area contributed by atoms with Crippen molar-refractivity contribution in [3.05, 3.63) is 71.4 Å². The predicted molar refractivity (Wildman–Crippen MR) is 114 cm³/mol. The molecule has 1 aliphatic heterocycles. The molecule has 0 saturated carbocycles. The summed E-state index contributed by atoms with van der Waals surface area (Å²) in [4.78, 5) is 24.2. The summed E-state index contributed by atoms with van der Waals surface area (Å²) in [6.45, 7) is 2.47. The highest BCUT2D eigenvalue weighted by molar-refractivity contribution is 7.89. The van der Waals surface area contributed by atoms with Gasteiger partial charge in [-0.1, -0.05) is 42.5 Å². The van der Waals surface area contributed by atoms with Gasteiger partial charge in [-0.15, -0.1) is 0 Å². The third kappa shape index (κ3) is 6.24. The molecule has 164 valence electrons. The Morgan fingerprint density at radius 1 is 1.10 bits per heavy atom. The number of benzene rings is 2. The van der Waals surface area contributed by atoms with E-state index in [1.54, 1.807) is 24.3 Å². The van der Waals surface area contributed by atoms with Crippen LogP contribution >= 0.6 is 0 Å². The van der Waals surface area contributed by atoms with Crippen molar-refractivity contribution in [3.8, 4) is 0 Å². The molecule has 1 saturated heterocycles. The van der Waals surface area contributed by atoms with Crippen LogP contribution in [0.25, 0.3) is 6.08 Å². The van der Waals surface area contributed by atoms with Gasteiger partial charge < -0.3 is 14.8 Å². The third-order valence-corrected chi connectivity index (χ3v) is 6.41. The highest BCUT2D eigenvalue weighted by Crippen LogP contribution is 2.19. The van der Waals surface area contributed by atoms with Crippen LogP contribution in [0.1, 0.15) is 18.1 Å². The average Bonchev–Trinajstić information content (AvgIpc) is 2.78. The van der Waals surface area contributed by atoms with E-state index in [0.29, 0.717) is 31.9 Å². The third-order valence-electron chi connectivity index (χ3n) is 4.52. The predicted octanol–water partition coefficient (Wildman–Crippen LogP) is 1.93. The standard InChI is InChI=1S/C22H24N2O6S/c1-17(25)23-21(15-18-6-3-2-4-7-18)22(26)30-16-19-8-5-9-20(14-19)31(27,28)24-10-12-29-13-11-24/h2-9,14-15H,10-13,16H2,1H3,(H,23,25). The normalized spacial score (nSPS) is 15.3. The lowest BCUT2D eigenvalue weighted by Crippen LogP contribution is -2.40. The van der Waals surface area contributed by atoms with E-state index in [0.717, 1.165) is 5.56 Å². The molecule has 0 aliphatic carbocycles. The van der Waals surface area contributed by atoms with E-state index >= 15 is 0 Å². The number of nitrogens with one attached hydrogen (secondary N) is 1. The molecule has 2 aromatic carbocycles. The lowest BCUT2D eigenvalue weighted by atomic mass is 10.2. The molecule has 0 unspecified atom stereocenters. The Balaban J connectivity index is 1.72. The van der Waals surface area contributed by atoms with Crippen LogP contribution in [0.3, 0.4) is 0 Å². The quantitative estimate of drug-likeness (QED) is 0.517. The molecule has 0 radical (unpaired) electrons. The van der Waals surface area contributed by atoms with Gasteiger partial charge in [-0.25, -0.2) is 13.2 Å². The van der Waals surface area contributed by atoms with Crippen LogP contribution in [0.5, 0.6) is 0 Å². The Kier molecular flexibility index (Phi) is 7.56. The van der Waals surface area contributed by atoms with Crippen LogP contribution < -0.4 is 5.32 Å². The minimum absolute atomic E-state index is 0.00390. The van der Waals surface area contributed by atoms with E-state index in [1.165, 1.54) is 29.4 Å². The Morgan fingerprint density at radius 2 is 1.81 bits per heavy atom. The first kappa shape index (κ1) is 22.7. The van der Waals surface area contributed by atoms with Crippen LogP contribution in [-0.4, -0.2) is 50.9 Å². The summed E-state index contributed by atoms with van der Waals surface area (Å²) in [5.41, 5.74) is 1.24. The molecular formula is C22H24N2O6S. The molecule has 0 bridgehead atoms. The number of hydrogen-bond acceptors (Lipinski definition) is 6. The van der Waals surface area contributed by atoms with Gasteiger partial charge in [0.2, 0.25) is 15.9 Å². The van der Waals surface area contributed by atoms with Crippen LogP contribution in [0.15, 0.2) is 65.2 Å². The van der Waals surface area contributed by atoms with Crippen LogP contribution in [0.2, 0.25) is 0 Å². The Hall–Kier alpha value is -3.01. The van der Waals surface area contributed by atoms with Gasteiger partial charge in [0.15, 0.2) is 0 Å². The van der Waals surface area contributed by atoms with Crippen molar-refractivity contribution in [2.24, 2.45) is 0 Å². The lowest BCUT2D eigenvalue weighted by Gasteiger charge is -2.26. The molecule has 1 aliphatic rings. The molecule has 1 fully saturated rings. The second kappa shape index (κ2) is 10.3. The molecule has 8 nitrogen and oxygen atoms in total. The topological polar surface area (TPSA) is 102 Å². The van der Waals surface area contributed by atoms with Gasteiger partial charge in [0.1, 0.15) is 12.3 Å². The summed E-state index contributed by atoms with van der Waals surface area (Å²) >= 11 is 0. The summed E-state index contributed by atoms with van der Waals surface area (Å²) in [6, 6.07) is 15.3. The van der Waals surface area contributed by atoms with Crippen molar-refractivity contribution in [3.63, 3.8) is 0 Å². The minimum Gasteiger partial charge on any atom is -0.456 e. The lowest BCUT2D eigenvalue weighted by molar-refractivity contribution is -0.141. The molecule has 3 rings (SSSR count). The zero-order valence-corrected chi connectivity index (χ0v) is 17.9. The monoisotopic (exact) mass is 444 g/mol. The number of carbonyl (C=O) groups excluding carboxylic acids is 2. The number of hydrogen-bond donors (Lipinski definition) is 1. The SMILES string of the molecule is CC(=O)NC(=Cc1ccccc1)C(=O)OCc1cccc(S(=O)(=O)N2CCOCC2)c1. The average molecular weight is 445 g/mol. The number of morpholine rings is 1. The Labute approximate surface area is 181 Å². The number of carbonyl (C=O) groups is 2. The Bertz CT molecular complexity index is 1060. The summed E-state index contributed by atoms with van der Waals surface area (Å²) in [5, 5.41) is 2.48. The van der Waals surface area contributed by atoms with E-state index < -0.39 is 21.9 Å². The zero-order valence-electron chi connectivity index (χ0n) is 17.1. The van der Waals surface area contributed by atoms with E-state index in [1.807, 2.05) is 18.2 Å². The molecule has 1 N–H and O–H groups in total. The number of amides is 1. The van der Waals surface area contributed by atoms with Gasteiger partial charge in [0, 0.05) is 20.0 Å². The first-order valence-electron chi connectivity index (χ1n) is 9.74. The highest BCUT2D eigenvalue weighted by atomic mass is 32.2. The van der Waals surface area contributed by atoms with Crippen molar-refractivity contribution >= 4 is 28.0 Å². The number of ether oxygens (including phenoxy) is 2. The van der Waals surface area contributed by atoms with Gasteiger partial charge in [0.05, 0.1) is 18.1 Å². The summed E-state index contributed by atoms with van der Waals surface area (Å²) < 4.78 is 37.5. The molecule has 0 atom stereocenters. The van der Waals surface area contributed by atoms with E-state index in [2.05, 4.69) is 5.32 Å². The Morgan fingerprint density at radius 3 is 2.48 bits per heavy atom. The molecule has 31 heavy (non-hydrogen) atoms. The summed E-state index contributed by atoms with van der Waals surface area (Å²) in [5.74, 6) is -1.13. The molecule has 1 amide bonds. The number of esters is 1. The van der Waals surface area contributed by atoms with Crippen LogP contribution in [-0.2, 0) is 35.7 Å². The second-order valence-corrected chi connectivity index (χ2v) is 8.83. The van der Waals surface area contributed by atoms with Gasteiger partial charge in [-0.3, -0.25) is 4.79 Å². The zero-order chi connectivity index (χ0) is 22.3. The highest BCUT2D eigenvalue weighted by Gasteiger charge is 2.26. The van der Waals surface area contributed by atoms with Gasteiger partial charge in [-0.05, 0) is 29.3 Å². The first-order valence-corrected chi connectivity index (χ1v) is 11.2. The van der Waals surface area contributed by atoms with Crippen LogP contribution in [0, 0.1) is 0 Å². The summed E-state index contributed by atoms with van der Waals surface area (Å²) in [6.07, 6.45) is 1.52. The van der Waals surface area contributed by atoms with Crippen molar-refractivity contribution in [1.29, 1.82) is 0 Å². The molecule has 9 heteroatoms. The van der Waals surface area contributed by atoms with Crippen LogP contribution in [0.4, 0.5) is 0 Å². The minimum atomic E-state index is -3.65. The van der Waals surface area contributed by atoms with E-state index in [-0.39, 0.29) is 17.2 Å². The van der Waals surface area contributed by atoms with E-state index in [4.69, 9.17) is 9.47 Å². The maximum absolute atomic E-state index is 12.8. The summed E-state index contributed by atoms with van der Waals surface area (Å²) in [7, 11) is -3.65. The fraction of sp³-hybridized carbons (Fsp3) is 0.273. The van der Waals surface area contributed by atoms with E-state index in [9.17, 15) is 18.0 Å². The van der Waals surface area contributed by atoms with Crippen molar-refractivity contribution in [2.45, 2.75) is 18.4 Å². The van der Waals surface area contributed by atoms with Crippen molar-refractivity contribution in [1.82, 2.24) is 9.62 Å². The van der Waals surface area contributed by atoms with Crippen molar-refractivity contribution in [2.75, 3.05) is 26.3 Å². The molecule has 0 aromatic heterocycles. The molecule has 1 heterocycles. The van der Waals surface area contributed by atoms with Crippen molar-refractivity contribution < 1.29 is 27.5 Å². The maximum atomic E-state index is 12.8. The van der Waals surface area contributed by atoms with Gasteiger partial charge in [-0.2, -0.15) is 4.31 Å². The number of sulfonamides is 1. The second-order valence-electron chi connectivity index (χ2n) is 6.89. The smallest absolute Gasteiger partial charge is 0.355 e. The largest absolute Gasteiger partial charge is 0.456 e. The number of rotatable bonds is 7. The van der Waals surface area contributed by atoms with Gasteiger partial charge in [0.25, 0.3) is 0 Å². The molecule has 2 aromatic rings. The van der Waals surface area contributed by atoms with Gasteiger partial charge >= 0.3 is 5.97 Å². The molecular weight excluding hydrogens is 420 g/mol. The first-order chi connectivity index (χ1) is 14.9. The maximum Gasteiger partial charge on any atom is 0.355 e. The fourth-order valence-electron chi connectivity index (χ4n) is 3.01. The number of nitrogens with zero attached hydrogens (tertiary/aromatic N) is 1. The fourth-order valence-corrected chi connectivity index (χ4v) is 4.49. The molecule has 0 spiro atoms.